The molecule has 0 saturated carbocycles. The number of aromatic amines is 1. The minimum Gasteiger partial charge on any atom is -0.366 e. The zero-order valence-electron chi connectivity index (χ0n) is 13.7. The van der Waals surface area contributed by atoms with Crippen LogP contribution in [0.25, 0.3) is 0 Å². The summed E-state index contributed by atoms with van der Waals surface area (Å²) in [6.45, 7) is 2.35. The maximum Gasteiger partial charge on any atom is 0.263 e. The van der Waals surface area contributed by atoms with Crippen LogP contribution in [0.15, 0.2) is 70.6 Å². The van der Waals surface area contributed by atoms with E-state index >= 15 is 0 Å². The fraction of sp³-hybridized carbons (Fsp3) is 0.105. The third kappa shape index (κ3) is 3.74. The third-order valence-electron chi connectivity index (χ3n) is 3.77. The number of pyridine rings is 2. The van der Waals surface area contributed by atoms with Crippen molar-refractivity contribution in [3.8, 4) is 0 Å². The van der Waals surface area contributed by atoms with Gasteiger partial charge in [-0.2, -0.15) is 0 Å². The number of aromatic nitrogens is 2. The molecule has 0 bridgehead atoms. The van der Waals surface area contributed by atoms with Crippen LogP contribution in [-0.2, 0) is 6.54 Å². The number of carbonyl (C=O) groups is 1. The molecular weight excluding hydrogens is 318 g/mol. The van der Waals surface area contributed by atoms with Gasteiger partial charge in [0, 0.05) is 24.7 Å². The lowest BCUT2D eigenvalue weighted by Crippen LogP contribution is -2.30. The lowest BCUT2D eigenvalue weighted by atomic mass is 10.1. The van der Waals surface area contributed by atoms with E-state index in [4.69, 9.17) is 0 Å². The molecule has 0 aliphatic rings. The van der Waals surface area contributed by atoms with Gasteiger partial charge in [-0.1, -0.05) is 29.8 Å². The standard InChI is InChI=1S/C19H17N3O3/c1-13-4-2-5-14(10-13)12-22-9-3-6-15(19(22)25)18(24)21-16-11-20-8-7-17(16)23/h2-11H,12H2,1H3,(H,20,23)(H,21,24). The van der Waals surface area contributed by atoms with Gasteiger partial charge >= 0.3 is 0 Å². The van der Waals surface area contributed by atoms with Crippen molar-refractivity contribution in [2.75, 3.05) is 5.32 Å². The first-order valence-corrected chi connectivity index (χ1v) is 7.78. The first-order valence-electron chi connectivity index (χ1n) is 7.78. The summed E-state index contributed by atoms with van der Waals surface area (Å²) in [6, 6.07) is 12.2. The molecule has 0 saturated heterocycles. The maximum atomic E-state index is 12.6. The smallest absolute Gasteiger partial charge is 0.263 e. The molecule has 1 amide bonds. The van der Waals surface area contributed by atoms with Crippen molar-refractivity contribution in [2.24, 2.45) is 0 Å². The number of aryl methyl sites for hydroxylation is 1. The molecule has 0 aliphatic carbocycles. The topological polar surface area (TPSA) is 84.0 Å². The lowest BCUT2D eigenvalue weighted by molar-refractivity contribution is 0.102. The molecule has 0 atom stereocenters. The minimum absolute atomic E-state index is 0.0154. The normalized spacial score (nSPS) is 10.4. The zero-order chi connectivity index (χ0) is 17.8. The number of carbonyl (C=O) groups excluding carboxylic acids is 1. The second kappa shape index (κ2) is 7.00. The Kier molecular flexibility index (Phi) is 4.61. The molecule has 2 aromatic heterocycles. The van der Waals surface area contributed by atoms with E-state index in [0.29, 0.717) is 6.54 Å². The van der Waals surface area contributed by atoms with Crippen molar-refractivity contribution >= 4 is 11.6 Å². The van der Waals surface area contributed by atoms with E-state index < -0.39 is 11.5 Å². The van der Waals surface area contributed by atoms with Gasteiger partial charge in [0.05, 0.1) is 6.54 Å². The van der Waals surface area contributed by atoms with Crippen molar-refractivity contribution in [2.45, 2.75) is 13.5 Å². The first-order chi connectivity index (χ1) is 12.0. The molecule has 6 nitrogen and oxygen atoms in total. The van der Waals surface area contributed by atoms with Crippen LogP contribution in [0.1, 0.15) is 21.5 Å². The van der Waals surface area contributed by atoms with E-state index in [1.807, 2.05) is 31.2 Å². The summed E-state index contributed by atoms with van der Waals surface area (Å²) in [5.74, 6) is -0.611. The van der Waals surface area contributed by atoms with Crippen LogP contribution in [0.2, 0.25) is 0 Å². The zero-order valence-corrected chi connectivity index (χ0v) is 13.7. The number of H-pyrrole nitrogens is 1. The van der Waals surface area contributed by atoms with Crippen molar-refractivity contribution in [1.29, 1.82) is 0 Å². The highest BCUT2D eigenvalue weighted by Crippen LogP contribution is 2.06. The highest BCUT2D eigenvalue weighted by atomic mass is 16.2. The van der Waals surface area contributed by atoms with Crippen molar-refractivity contribution in [3.63, 3.8) is 0 Å². The van der Waals surface area contributed by atoms with Gasteiger partial charge < -0.3 is 14.9 Å². The van der Waals surface area contributed by atoms with Gasteiger partial charge in [0.1, 0.15) is 11.3 Å². The van der Waals surface area contributed by atoms with Crippen molar-refractivity contribution in [3.05, 3.63) is 98.3 Å². The quantitative estimate of drug-likeness (QED) is 0.766. The SMILES string of the molecule is Cc1cccc(Cn2cccc(C(=O)Nc3c[nH]ccc3=O)c2=O)c1. The number of nitrogens with one attached hydrogen (secondary N) is 2. The summed E-state index contributed by atoms with van der Waals surface area (Å²) in [7, 11) is 0. The summed E-state index contributed by atoms with van der Waals surface area (Å²) >= 11 is 0. The molecule has 0 radical (unpaired) electrons. The Morgan fingerprint density at radius 3 is 2.76 bits per heavy atom. The summed E-state index contributed by atoms with van der Waals surface area (Å²) in [6.07, 6.45) is 4.49. The molecule has 0 fully saturated rings. The Morgan fingerprint density at radius 1 is 1.16 bits per heavy atom. The average molecular weight is 335 g/mol. The van der Waals surface area contributed by atoms with E-state index in [0.717, 1.165) is 11.1 Å². The van der Waals surface area contributed by atoms with Crippen LogP contribution in [0.3, 0.4) is 0 Å². The van der Waals surface area contributed by atoms with Crippen LogP contribution >= 0.6 is 0 Å². The second-order valence-corrected chi connectivity index (χ2v) is 5.72. The molecule has 126 valence electrons. The van der Waals surface area contributed by atoms with Gasteiger partial charge in [-0.15, -0.1) is 0 Å². The maximum absolute atomic E-state index is 12.6. The molecule has 0 unspecified atom stereocenters. The van der Waals surface area contributed by atoms with Crippen LogP contribution in [0.4, 0.5) is 5.69 Å². The molecular formula is C19H17N3O3. The van der Waals surface area contributed by atoms with Crippen molar-refractivity contribution in [1.82, 2.24) is 9.55 Å². The van der Waals surface area contributed by atoms with Gasteiger partial charge in [0.2, 0.25) is 5.43 Å². The minimum atomic E-state index is -0.611. The first kappa shape index (κ1) is 16.4. The predicted molar refractivity (Wildman–Crippen MR) is 96.0 cm³/mol. The highest BCUT2D eigenvalue weighted by Gasteiger charge is 2.13. The lowest BCUT2D eigenvalue weighted by Gasteiger charge is -2.09. The Labute approximate surface area is 143 Å². The monoisotopic (exact) mass is 335 g/mol. The van der Waals surface area contributed by atoms with E-state index in [1.54, 1.807) is 12.3 Å². The average Bonchev–Trinajstić information content (AvgIpc) is 2.59. The Bertz CT molecular complexity index is 1030. The highest BCUT2D eigenvalue weighted by molar-refractivity contribution is 6.03. The van der Waals surface area contributed by atoms with Crippen molar-refractivity contribution < 1.29 is 4.79 Å². The van der Waals surface area contributed by atoms with Gasteiger partial charge in [-0.25, -0.2) is 0 Å². The van der Waals surface area contributed by atoms with Crippen LogP contribution < -0.4 is 16.3 Å². The van der Waals surface area contributed by atoms with Gasteiger partial charge in [0.25, 0.3) is 11.5 Å². The van der Waals surface area contributed by atoms with E-state index in [1.165, 1.54) is 29.1 Å². The molecule has 0 aliphatic heterocycles. The molecule has 1 aromatic carbocycles. The fourth-order valence-electron chi connectivity index (χ4n) is 2.54. The summed E-state index contributed by atoms with van der Waals surface area (Å²) in [4.78, 5) is 39.4. The van der Waals surface area contributed by atoms with Gasteiger partial charge in [-0.05, 0) is 24.6 Å². The molecule has 3 aromatic rings. The van der Waals surface area contributed by atoms with Crippen LogP contribution in [0, 0.1) is 6.92 Å². The molecule has 6 heteroatoms. The summed E-state index contributed by atoms with van der Waals surface area (Å²) in [5.41, 5.74) is 1.42. The number of hydrogen-bond donors (Lipinski definition) is 2. The summed E-state index contributed by atoms with van der Waals surface area (Å²) in [5, 5.41) is 2.47. The molecule has 2 N–H and O–H groups in total. The number of nitrogens with zero attached hydrogens (tertiary/aromatic N) is 1. The number of benzene rings is 1. The van der Waals surface area contributed by atoms with Gasteiger partial charge in [-0.3, -0.25) is 14.4 Å². The van der Waals surface area contributed by atoms with Gasteiger partial charge in [0.15, 0.2) is 0 Å². The van der Waals surface area contributed by atoms with E-state index in [9.17, 15) is 14.4 Å². The Balaban J connectivity index is 1.88. The molecule has 25 heavy (non-hydrogen) atoms. The second-order valence-electron chi connectivity index (χ2n) is 5.72. The number of rotatable bonds is 4. The van der Waals surface area contributed by atoms with Crippen LogP contribution in [0.5, 0.6) is 0 Å². The van der Waals surface area contributed by atoms with E-state index in [2.05, 4.69) is 10.3 Å². The molecule has 0 spiro atoms. The van der Waals surface area contributed by atoms with E-state index in [-0.39, 0.29) is 16.7 Å². The Morgan fingerprint density at radius 2 is 2.00 bits per heavy atom. The van der Waals surface area contributed by atoms with Crippen LogP contribution in [-0.4, -0.2) is 15.5 Å². The number of anilines is 1. The Hall–Kier alpha value is -3.41. The summed E-state index contributed by atoms with van der Waals surface area (Å²) < 4.78 is 1.47. The predicted octanol–water partition coefficient (Wildman–Crippen LogP) is 2.15. The molecule has 2 heterocycles. The number of amides is 1. The third-order valence-corrected chi connectivity index (χ3v) is 3.77. The largest absolute Gasteiger partial charge is 0.366 e. The fourth-order valence-corrected chi connectivity index (χ4v) is 2.54. The molecule has 3 rings (SSSR count). The number of hydrogen-bond acceptors (Lipinski definition) is 3.